The van der Waals surface area contributed by atoms with Gasteiger partial charge in [0.2, 0.25) is 5.91 Å². The van der Waals surface area contributed by atoms with Crippen molar-refractivity contribution in [3.05, 3.63) is 82.3 Å². The zero-order valence-electron chi connectivity index (χ0n) is 22.3. The molecule has 0 spiro atoms. The van der Waals surface area contributed by atoms with Crippen LogP contribution >= 0.6 is 15.9 Å². The van der Waals surface area contributed by atoms with Crippen LogP contribution in [0, 0.1) is 0 Å². The van der Waals surface area contributed by atoms with Gasteiger partial charge in [0.1, 0.15) is 18.1 Å². The molecule has 1 aliphatic rings. The predicted octanol–water partition coefficient (Wildman–Crippen LogP) is 5.46. The molecule has 1 aliphatic heterocycles. The lowest BCUT2D eigenvalue weighted by atomic mass is 10.1. The van der Waals surface area contributed by atoms with Gasteiger partial charge in [-0.05, 0) is 70.0 Å². The standard InChI is InChI=1S/C29H30BrFN4O5/c1-34(21-11-9-19(10-12-21)28(37)40-3)26-16-20(31)17-35(26)27(36)15-18-8-13-24(25(14-18)39-2)33-29(38)32-23-7-5-4-6-22(23)30/h4-14,20,26H,15-17H2,1-3H3,(H2,32,33,38). The maximum Gasteiger partial charge on any atom is 0.337 e. The average Bonchev–Trinajstić information content (AvgIpc) is 3.36. The molecule has 4 rings (SSSR count). The molecule has 11 heteroatoms. The van der Waals surface area contributed by atoms with Crippen LogP contribution in [0.3, 0.4) is 0 Å². The fourth-order valence-corrected chi connectivity index (χ4v) is 4.97. The van der Waals surface area contributed by atoms with E-state index in [0.29, 0.717) is 28.3 Å². The maximum absolute atomic E-state index is 14.5. The van der Waals surface area contributed by atoms with Crippen molar-refractivity contribution in [3.8, 4) is 5.75 Å². The van der Waals surface area contributed by atoms with Gasteiger partial charge in [-0.25, -0.2) is 14.0 Å². The highest BCUT2D eigenvalue weighted by Crippen LogP contribution is 2.30. The van der Waals surface area contributed by atoms with Gasteiger partial charge in [-0.2, -0.15) is 0 Å². The Morgan fingerprint density at radius 2 is 1.73 bits per heavy atom. The van der Waals surface area contributed by atoms with Gasteiger partial charge >= 0.3 is 12.0 Å². The Hall–Kier alpha value is -4.12. The predicted molar refractivity (Wildman–Crippen MR) is 155 cm³/mol. The lowest BCUT2D eigenvalue weighted by molar-refractivity contribution is -0.131. The van der Waals surface area contributed by atoms with Crippen molar-refractivity contribution < 1.29 is 28.2 Å². The first-order chi connectivity index (χ1) is 19.2. The first-order valence-electron chi connectivity index (χ1n) is 12.5. The molecule has 2 atom stereocenters. The molecule has 1 heterocycles. The summed E-state index contributed by atoms with van der Waals surface area (Å²) in [6.45, 7) is -0.0138. The second-order valence-electron chi connectivity index (χ2n) is 9.28. The Morgan fingerprint density at radius 1 is 1.02 bits per heavy atom. The third kappa shape index (κ3) is 6.71. The molecule has 0 bridgehead atoms. The number of anilines is 3. The molecule has 0 radical (unpaired) electrons. The molecule has 2 N–H and O–H groups in total. The fraction of sp³-hybridized carbons (Fsp3) is 0.276. The van der Waals surface area contributed by atoms with Gasteiger partial charge in [-0.1, -0.05) is 18.2 Å². The van der Waals surface area contributed by atoms with Crippen LogP contribution in [0.15, 0.2) is 71.2 Å². The third-order valence-electron chi connectivity index (χ3n) is 6.68. The van der Waals surface area contributed by atoms with Gasteiger partial charge in [0.15, 0.2) is 0 Å². The van der Waals surface area contributed by atoms with Gasteiger partial charge in [-0.3, -0.25) is 4.79 Å². The number of hydrogen-bond donors (Lipinski definition) is 2. The van der Waals surface area contributed by atoms with E-state index in [1.54, 1.807) is 61.6 Å². The van der Waals surface area contributed by atoms with Gasteiger partial charge < -0.3 is 29.9 Å². The zero-order chi connectivity index (χ0) is 28.8. The van der Waals surface area contributed by atoms with Crippen LogP contribution in [0.2, 0.25) is 0 Å². The van der Waals surface area contributed by atoms with Crippen molar-refractivity contribution in [1.82, 2.24) is 4.90 Å². The number of nitrogens with zero attached hydrogens (tertiary/aromatic N) is 2. The van der Waals surface area contributed by atoms with E-state index in [1.165, 1.54) is 19.1 Å². The summed E-state index contributed by atoms with van der Waals surface area (Å²) in [6.07, 6.45) is -1.46. The minimum absolute atomic E-state index is 0.0138. The summed E-state index contributed by atoms with van der Waals surface area (Å²) in [5, 5.41) is 5.52. The summed E-state index contributed by atoms with van der Waals surface area (Å²) in [7, 11) is 4.58. The lowest BCUT2D eigenvalue weighted by Gasteiger charge is -2.34. The van der Waals surface area contributed by atoms with E-state index in [-0.39, 0.29) is 25.3 Å². The number of para-hydroxylation sites is 1. The normalized spacial score (nSPS) is 16.3. The second kappa shape index (κ2) is 12.8. The van der Waals surface area contributed by atoms with Crippen molar-refractivity contribution in [2.75, 3.05) is 43.3 Å². The summed E-state index contributed by atoms with van der Waals surface area (Å²) in [6, 6.07) is 18.6. The molecular formula is C29H30BrFN4O5. The zero-order valence-corrected chi connectivity index (χ0v) is 23.9. The van der Waals surface area contributed by atoms with E-state index in [1.807, 2.05) is 17.0 Å². The summed E-state index contributed by atoms with van der Waals surface area (Å²) in [5.74, 6) is -0.299. The van der Waals surface area contributed by atoms with Crippen molar-refractivity contribution in [2.45, 2.75) is 25.2 Å². The quantitative estimate of drug-likeness (QED) is 0.328. The monoisotopic (exact) mass is 612 g/mol. The largest absolute Gasteiger partial charge is 0.495 e. The van der Waals surface area contributed by atoms with E-state index in [4.69, 9.17) is 9.47 Å². The molecule has 40 heavy (non-hydrogen) atoms. The van der Waals surface area contributed by atoms with Crippen LogP contribution in [0.25, 0.3) is 0 Å². The summed E-state index contributed by atoms with van der Waals surface area (Å²) >= 11 is 3.39. The van der Waals surface area contributed by atoms with Gasteiger partial charge in [0.25, 0.3) is 0 Å². The van der Waals surface area contributed by atoms with E-state index < -0.39 is 24.3 Å². The van der Waals surface area contributed by atoms with Crippen molar-refractivity contribution in [2.24, 2.45) is 0 Å². The van der Waals surface area contributed by atoms with Crippen LogP contribution in [-0.2, 0) is 16.0 Å². The minimum Gasteiger partial charge on any atom is -0.495 e. The van der Waals surface area contributed by atoms with Crippen LogP contribution in [-0.4, -0.2) is 63.0 Å². The molecule has 3 aromatic rings. The number of carbonyl (C=O) groups is 3. The van der Waals surface area contributed by atoms with Crippen LogP contribution < -0.4 is 20.3 Å². The first kappa shape index (κ1) is 28.9. The maximum atomic E-state index is 14.5. The number of nitrogens with one attached hydrogen (secondary N) is 2. The number of esters is 1. The van der Waals surface area contributed by atoms with Crippen LogP contribution in [0.1, 0.15) is 22.3 Å². The molecule has 3 amide bonds. The highest BCUT2D eigenvalue weighted by atomic mass is 79.9. The summed E-state index contributed by atoms with van der Waals surface area (Å²) in [5.41, 5.74) is 2.84. The number of rotatable bonds is 8. The van der Waals surface area contributed by atoms with E-state index >= 15 is 0 Å². The number of carbonyl (C=O) groups excluding carboxylic acids is 3. The fourth-order valence-electron chi connectivity index (χ4n) is 4.59. The number of halogens is 2. The molecule has 1 fully saturated rings. The number of benzene rings is 3. The van der Waals surface area contributed by atoms with Crippen molar-refractivity contribution >= 4 is 50.9 Å². The SMILES string of the molecule is COC(=O)c1ccc(N(C)C2CC(F)CN2C(=O)Cc2ccc(NC(=O)Nc3ccccc3Br)c(OC)c2)cc1. The van der Waals surface area contributed by atoms with Crippen LogP contribution in [0.4, 0.5) is 26.2 Å². The van der Waals surface area contributed by atoms with Gasteiger partial charge in [-0.15, -0.1) is 0 Å². The minimum atomic E-state index is -1.16. The Kier molecular flexibility index (Phi) is 9.26. The number of methoxy groups -OCH3 is 2. The van der Waals surface area contributed by atoms with E-state index in [2.05, 4.69) is 26.6 Å². The third-order valence-corrected chi connectivity index (χ3v) is 7.37. The van der Waals surface area contributed by atoms with Crippen LogP contribution in [0.5, 0.6) is 5.75 Å². The van der Waals surface area contributed by atoms with Crippen molar-refractivity contribution in [3.63, 3.8) is 0 Å². The Labute approximate surface area is 240 Å². The summed E-state index contributed by atoms with van der Waals surface area (Å²) in [4.78, 5) is 41.0. The van der Waals surface area contributed by atoms with Gasteiger partial charge in [0.05, 0.1) is 44.1 Å². The average molecular weight is 613 g/mol. The van der Waals surface area contributed by atoms with Crippen molar-refractivity contribution in [1.29, 1.82) is 0 Å². The molecule has 0 aliphatic carbocycles. The number of ether oxygens (including phenoxy) is 2. The summed E-state index contributed by atoms with van der Waals surface area (Å²) < 4.78 is 25.5. The number of amides is 3. The molecule has 9 nitrogen and oxygen atoms in total. The topological polar surface area (TPSA) is 100 Å². The Balaban J connectivity index is 1.43. The number of alkyl halides is 1. The van der Waals surface area contributed by atoms with E-state index in [0.717, 1.165) is 10.2 Å². The Bertz CT molecular complexity index is 1390. The lowest BCUT2D eigenvalue weighted by Crippen LogP contribution is -2.46. The number of hydrogen-bond acceptors (Lipinski definition) is 6. The molecule has 2 unspecified atom stereocenters. The van der Waals surface area contributed by atoms with E-state index in [9.17, 15) is 18.8 Å². The first-order valence-corrected chi connectivity index (χ1v) is 13.3. The highest BCUT2D eigenvalue weighted by Gasteiger charge is 2.38. The molecule has 0 aromatic heterocycles. The molecule has 0 saturated carbocycles. The number of urea groups is 1. The molecular weight excluding hydrogens is 583 g/mol. The second-order valence-corrected chi connectivity index (χ2v) is 10.1. The van der Waals surface area contributed by atoms with Gasteiger partial charge in [0, 0.05) is 23.6 Å². The molecule has 3 aromatic carbocycles. The molecule has 210 valence electrons. The highest BCUT2D eigenvalue weighted by molar-refractivity contribution is 9.10. The Morgan fingerprint density at radius 3 is 2.40 bits per heavy atom. The molecule has 1 saturated heterocycles. The number of likely N-dealkylation sites (tertiary alicyclic amines) is 1. The smallest absolute Gasteiger partial charge is 0.337 e.